The van der Waals surface area contributed by atoms with Gasteiger partial charge in [0.1, 0.15) is 13.1 Å². The van der Waals surface area contributed by atoms with E-state index in [9.17, 15) is 4.79 Å². The molecule has 1 aliphatic carbocycles. The van der Waals surface area contributed by atoms with E-state index in [1.165, 1.54) is 36.1 Å². The van der Waals surface area contributed by atoms with Crippen molar-refractivity contribution in [1.82, 2.24) is 5.32 Å². The molecule has 1 heterocycles. The first-order chi connectivity index (χ1) is 11.2. The summed E-state index contributed by atoms with van der Waals surface area (Å²) >= 11 is 0. The average Bonchev–Trinajstić information content (AvgIpc) is 3.11. The number of amides is 1. The van der Waals surface area contributed by atoms with Crippen molar-refractivity contribution in [3.05, 3.63) is 35.9 Å². The molecule has 1 saturated heterocycles. The number of ether oxygens (including phenoxy) is 1. The van der Waals surface area contributed by atoms with Gasteiger partial charge in [0.05, 0.1) is 13.2 Å². The van der Waals surface area contributed by atoms with Gasteiger partial charge in [0.25, 0.3) is 5.91 Å². The Bertz CT molecular complexity index is 505. The molecule has 1 aliphatic heterocycles. The molecule has 1 aromatic rings. The Labute approximate surface area is 139 Å². The summed E-state index contributed by atoms with van der Waals surface area (Å²) in [5, 5.41) is 3.26. The first-order valence-electron chi connectivity index (χ1n) is 8.97. The van der Waals surface area contributed by atoms with Gasteiger partial charge in [0.2, 0.25) is 0 Å². The van der Waals surface area contributed by atoms with Crippen LogP contribution in [0.5, 0.6) is 0 Å². The zero-order valence-corrected chi connectivity index (χ0v) is 14.1. The van der Waals surface area contributed by atoms with E-state index in [1.54, 1.807) is 0 Å². The highest BCUT2D eigenvalue weighted by atomic mass is 16.5. The first-order valence-corrected chi connectivity index (χ1v) is 8.97. The van der Waals surface area contributed by atoms with E-state index in [-0.39, 0.29) is 17.4 Å². The number of carbonyl (C=O) groups is 1. The van der Waals surface area contributed by atoms with Crippen LogP contribution in [0.4, 0.5) is 0 Å². The highest BCUT2D eigenvalue weighted by molar-refractivity contribution is 5.80. The Balaban J connectivity index is 1.62. The molecule has 0 spiro atoms. The molecular formula is C19H29N2O2+. The average molecular weight is 317 g/mol. The van der Waals surface area contributed by atoms with E-state index in [0.29, 0.717) is 0 Å². The first kappa shape index (κ1) is 16.5. The molecule has 0 radical (unpaired) electrons. The summed E-state index contributed by atoms with van der Waals surface area (Å²) in [6.07, 6.45) is 4.87. The number of hydrogen-bond donors (Lipinski definition) is 2. The number of morpholine rings is 1. The molecule has 4 heteroatoms. The molecule has 2 N–H and O–H groups in total. The fourth-order valence-corrected chi connectivity index (χ4v) is 4.07. The third kappa shape index (κ3) is 3.75. The lowest BCUT2D eigenvalue weighted by Crippen LogP contribution is -3.18. The molecule has 2 fully saturated rings. The van der Waals surface area contributed by atoms with Crippen molar-refractivity contribution in [2.75, 3.05) is 32.8 Å². The third-order valence-corrected chi connectivity index (χ3v) is 5.69. The van der Waals surface area contributed by atoms with E-state index in [2.05, 4.69) is 35.6 Å². The third-order valence-electron chi connectivity index (χ3n) is 5.69. The summed E-state index contributed by atoms with van der Waals surface area (Å²) in [5.74, 6) is 0.184. The maximum atomic E-state index is 12.6. The summed E-state index contributed by atoms with van der Waals surface area (Å²) < 4.78 is 5.39. The van der Waals surface area contributed by atoms with Crippen molar-refractivity contribution in [2.24, 2.45) is 0 Å². The molecule has 0 aromatic heterocycles. The Morgan fingerprint density at radius 2 is 1.87 bits per heavy atom. The van der Waals surface area contributed by atoms with Crippen LogP contribution in [0.15, 0.2) is 30.3 Å². The van der Waals surface area contributed by atoms with Crippen LogP contribution in [0.25, 0.3) is 0 Å². The van der Waals surface area contributed by atoms with Gasteiger partial charge in [0.15, 0.2) is 6.04 Å². The topological polar surface area (TPSA) is 42.8 Å². The Morgan fingerprint density at radius 3 is 2.52 bits per heavy atom. The maximum Gasteiger partial charge on any atom is 0.278 e. The second kappa shape index (κ2) is 7.45. The number of benzene rings is 1. The highest BCUT2D eigenvalue weighted by Gasteiger charge is 2.37. The van der Waals surface area contributed by atoms with Crippen molar-refractivity contribution < 1.29 is 14.4 Å². The predicted molar refractivity (Wildman–Crippen MR) is 90.6 cm³/mol. The summed E-state index contributed by atoms with van der Waals surface area (Å²) in [7, 11) is 0. The molecule has 0 bridgehead atoms. The summed E-state index contributed by atoms with van der Waals surface area (Å²) in [5.41, 5.74) is 1.51. The van der Waals surface area contributed by atoms with Crippen molar-refractivity contribution in [3.8, 4) is 0 Å². The second-order valence-corrected chi connectivity index (χ2v) is 7.06. The maximum absolute atomic E-state index is 12.6. The van der Waals surface area contributed by atoms with E-state index in [1.807, 2.05) is 6.92 Å². The number of nitrogens with one attached hydrogen (secondary N) is 2. The summed E-state index contributed by atoms with van der Waals surface area (Å²) in [6, 6.07) is 10.7. The minimum Gasteiger partial charge on any atom is -0.370 e. The lowest BCUT2D eigenvalue weighted by molar-refractivity contribution is -0.921. The monoisotopic (exact) mass is 317 g/mol. The van der Waals surface area contributed by atoms with Crippen LogP contribution >= 0.6 is 0 Å². The molecular weight excluding hydrogens is 288 g/mol. The number of carbonyl (C=O) groups excluding carboxylic acids is 1. The van der Waals surface area contributed by atoms with Gasteiger partial charge in [-0.1, -0.05) is 43.2 Å². The van der Waals surface area contributed by atoms with Crippen molar-refractivity contribution in [1.29, 1.82) is 0 Å². The smallest absolute Gasteiger partial charge is 0.278 e. The number of hydrogen-bond acceptors (Lipinski definition) is 2. The normalized spacial score (nSPS) is 22.7. The largest absolute Gasteiger partial charge is 0.370 e. The standard InChI is InChI=1S/C19H28N2O2/c1-16(21-11-13-23-14-12-21)18(22)20-15-19(9-5-6-10-19)17-7-3-2-4-8-17/h2-4,7-8,16H,5-6,9-15H2,1H3,(H,20,22)/p+1/t16-/m1/s1. The summed E-state index contributed by atoms with van der Waals surface area (Å²) in [6.45, 7) is 6.20. The lowest BCUT2D eigenvalue weighted by Gasteiger charge is -2.32. The molecule has 23 heavy (non-hydrogen) atoms. The van der Waals surface area contributed by atoms with Crippen LogP contribution in [0, 0.1) is 0 Å². The van der Waals surface area contributed by atoms with Crippen LogP contribution in [0.2, 0.25) is 0 Å². The van der Waals surface area contributed by atoms with E-state index in [4.69, 9.17) is 4.74 Å². The van der Waals surface area contributed by atoms with Gasteiger partial charge >= 0.3 is 0 Å². The molecule has 3 rings (SSSR count). The molecule has 1 saturated carbocycles. The van der Waals surface area contributed by atoms with Crippen LogP contribution in [-0.2, 0) is 14.9 Å². The quantitative estimate of drug-likeness (QED) is 0.848. The number of quaternary nitrogens is 1. The molecule has 0 unspecified atom stereocenters. The van der Waals surface area contributed by atoms with Gasteiger partial charge < -0.3 is 15.0 Å². The Kier molecular flexibility index (Phi) is 5.34. The van der Waals surface area contributed by atoms with Crippen molar-refractivity contribution in [2.45, 2.75) is 44.1 Å². The second-order valence-electron chi connectivity index (χ2n) is 7.06. The van der Waals surface area contributed by atoms with Crippen molar-refractivity contribution >= 4 is 5.91 Å². The van der Waals surface area contributed by atoms with Crippen LogP contribution in [-0.4, -0.2) is 44.8 Å². The molecule has 126 valence electrons. The van der Waals surface area contributed by atoms with E-state index >= 15 is 0 Å². The van der Waals surface area contributed by atoms with Gasteiger partial charge in [-0.2, -0.15) is 0 Å². The zero-order valence-electron chi connectivity index (χ0n) is 14.1. The van der Waals surface area contributed by atoms with E-state index < -0.39 is 0 Å². The van der Waals surface area contributed by atoms with Crippen LogP contribution in [0.1, 0.15) is 38.2 Å². The minimum atomic E-state index is 0.00752. The fourth-order valence-electron chi connectivity index (χ4n) is 4.07. The van der Waals surface area contributed by atoms with Gasteiger partial charge in [-0.3, -0.25) is 4.79 Å². The van der Waals surface area contributed by atoms with Gasteiger partial charge in [-0.25, -0.2) is 0 Å². The highest BCUT2D eigenvalue weighted by Crippen LogP contribution is 2.40. The van der Waals surface area contributed by atoms with Gasteiger partial charge in [-0.15, -0.1) is 0 Å². The zero-order chi connectivity index (χ0) is 16.1. The number of rotatable bonds is 5. The minimum absolute atomic E-state index is 0.00752. The van der Waals surface area contributed by atoms with Crippen molar-refractivity contribution in [3.63, 3.8) is 0 Å². The Morgan fingerprint density at radius 1 is 1.22 bits per heavy atom. The predicted octanol–water partition coefficient (Wildman–Crippen LogP) is 0.918. The van der Waals surface area contributed by atoms with Gasteiger partial charge in [-0.05, 0) is 25.3 Å². The molecule has 1 aromatic carbocycles. The molecule has 1 amide bonds. The van der Waals surface area contributed by atoms with Crippen LogP contribution < -0.4 is 10.2 Å². The lowest BCUT2D eigenvalue weighted by atomic mass is 9.79. The molecule has 2 aliphatic rings. The molecule has 4 nitrogen and oxygen atoms in total. The SMILES string of the molecule is C[C@H](C(=O)NCC1(c2ccccc2)CCCC1)[NH+]1CCOCC1. The summed E-state index contributed by atoms with van der Waals surface area (Å²) in [4.78, 5) is 13.9. The van der Waals surface area contributed by atoms with E-state index in [0.717, 1.165) is 32.8 Å². The Hall–Kier alpha value is -1.39. The molecule has 1 atom stereocenters. The fraction of sp³-hybridized carbons (Fsp3) is 0.632. The van der Waals surface area contributed by atoms with Crippen LogP contribution in [0.3, 0.4) is 0 Å². The van der Waals surface area contributed by atoms with Gasteiger partial charge in [0, 0.05) is 12.0 Å².